The van der Waals surface area contributed by atoms with E-state index in [0.717, 1.165) is 12.8 Å². The third-order valence-electron chi connectivity index (χ3n) is 3.05. The van der Waals surface area contributed by atoms with Gasteiger partial charge in [0.15, 0.2) is 10.8 Å². The Labute approximate surface area is 119 Å². The average molecular weight is 296 g/mol. The minimum atomic E-state index is -3.73. The minimum Gasteiger partial charge on any atom is -0.381 e. The monoisotopic (exact) mass is 296 g/mol. The van der Waals surface area contributed by atoms with Gasteiger partial charge in [0.2, 0.25) is 0 Å². The fourth-order valence-corrected chi connectivity index (χ4v) is 4.01. The first-order chi connectivity index (χ1) is 9.27. The van der Waals surface area contributed by atoms with Gasteiger partial charge in [-0.1, -0.05) is 19.4 Å². The Bertz CT molecular complexity index is 719. The van der Waals surface area contributed by atoms with E-state index in [1.54, 1.807) is 24.4 Å². The van der Waals surface area contributed by atoms with Crippen LogP contribution in [0, 0.1) is 0 Å². The number of imidazole rings is 1. The van der Waals surface area contributed by atoms with Gasteiger partial charge in [0.25, 0.3) is 10.0 Å². The maximum atomic E-state index is 12.6. The summed E-state index contributed by atoms with van der Waals surface area (Å²) in [6.45, 7) is 5.72. The molecule has 110 valence electrons. The van der Waals surface area contributed by atoms with Gasteiger partial charge in [-0.25, -0.2) is 18.1 Å². The highest BCUT2D eigenvalue weighted by atomic mass is 32.2. The molecule has 0 amide bonds. The van der Waals surface area contributed by atoms with Gasteiger partial charge < -0.3 is 5.73 Å². The van der Waals surface area contributed by atoms with E-state index in [4.69, 9.17) is 5.73 Å². The van der Waals surface area contributed by atoms with Gasteiger partial charge in [-0.3, -0.25) is 4.40 Å². The molecule has 7 heteroatoms. The first-order valence-electron chi connectivity index (χ1n) is 6.53. The molecule has 0 unspecified atom stereocenters. The normalized spacial score (nSPS) is 12.9. The average Bonchev–Trinajstić information content (AvgIpc) is 2.63. The fourth-order valence-electron chi connectivity index (χ4n) is 2.35. The summed E-state index contributed by atoms with van der Waals surface area (Å²) in [5.41, 5.74) is 5.76. The van der Waals surface area contributed by atoms with Crippen molar-refractivity contribution in [2.24, 2.45) is 0 Å². The summed E-state index contributed by atoms with van der Waals surface area (Å²) < 4.78 is 29.3. The second-order valence-corrected chi connectivity index (χ2v) is 7.07. The van der Waals surface area contributed by atoms with Crippen molar-refractivity contribution in [2.75, 3.05) is 5.73 Å². The van der Waals surface area contributed by atoms with Gasteiger partial charge in [0.05, 0.1) is 0 Å². The Balaban J connectivity index is 2.50. The van der Waals surface area contributed by atoms with E-state index in [1.165, 1.54) is 4.40 Å². The molecule has 0 saturated carbocycles. The number of hydrogen-bond donors (Lipinski definition) is 2. The van der Waals surface area contributed by atoms with E-state index < -0.39 is 15.6 Å². The zero-order chi connectivity index (χ0) is 15.0. The molecular weight excluding hydrogens is 276 g/mol. The second-order valence-electron chi connectivity index (χ2n) is 5.47. The van der Waals surface area contributed by atoms with Gasteiger partial charge in [-0.05, 0) is 32.4 Å². The summed E-state index contributed by atoms with van der Waals surface area (Å²) in [5, 5.41) is -0.00252. The van der Waals surface area contributed by atoms with Crippen LogP contribution >= 0.6 is 0 Å². The molecule has 2 aromatic heterocycles. The van der Waals surface area contributed by atoms with Crippen LogP contribution in [0.25, 0.3) is 5.65 Å². The third-order valence-corrected chi connectivity index (χ3v) is 4.79. The summed E-state index contributed by atoms with van der Waals surface area (Å²) in [4.78, 5) is 4.08. The third kappa shape index (κ3) is 2.78. The lowest BCUT2D eigenvalue weighted by Gasteiger charge is -2.25. The number of sulfonamides is 1. The highest BCUT2D eigenvalue weighted by Gasteiger charge is 2.30. The molecule has 6 nitrogen and oxygen atoms in total. The number of hydrogen-bond acceptors (Lipinski definition) is 4. The van der Waals surface area contributed by atoms with Crippen molar-refractivity contribution >= 4 is 21.5 Å². The predicted molar refractivity (Wildman–Crippen MR) is 78.9 cm³/mol. The lowest BCUT2D eigenvalue weighted by molar-refractivity contribution is 0.417. The molecule has 3 N–H and O–H groups in total. The molecule has 0 saturated heterocycles. The Hall–Kier alpha value is -1.60. The quantitative estimate of drug-likeness (QED) is 0.880. The number of anilines is 1. The van der Waals surface area contributed by atoms with Crippen molar-refractivity contribution < 1.29 is 8.42 Å². The van der Waals surface area contributed by atoms with Gasteiger partial charge in [-0.15, -0.1) is 0 Å². The van der Waals surface area contributed by atoms with E-state index in [1.807, 2.05) is 20.8 Å². The van der Waals surface area contributed by atoms with Gasteiger partial charge in [0.1, 0.15) is 5.65 Å². The largest absolute Gasteiger partial charge is 0.381 e. The Morgan fingerprint density at radius 1 is 1.40 bits per heavy atom. The maximum Gasteiger partial charge on any atom is 0.260 e. The van der Waals surface area contributed by atoms with Crippen molar-refractivity contribution in [1.82, 2.24) is 14.1 Å². The van der Waals surface area contributed by atoms with Gasteiger partial charge in [-0.2, -0.15) is 0 Å². The van der Waals surface area contributed by atoms with Crippen LogP contribution in [-0.2, 0) is 10.0 Å². The van der Waals surface area contributed by atoms with Crippen LogP contribution in [0.5, 0.6) is 0 Å². The molecule has 0 aliphatic heterocycles. The SMILES string of the molecule is CCCC(C)(C)NS(=O)(=O)c1c(N)nc2ccccn12. The number of nitrogen functional groups attached to an aromatic ring is 1. The van der Waals surface area contributed by atoms with Crippen molar-refractivity contribution in [1.29, 1.82) is 0 Å². The molecule has 0 fully saturated rings. The topological polar surface area (TPSA) is 89.5 Å². The number of pyridine rings is 1. The van der Waals surface area contributed by atoms with Crippen LogP contribution in [0.15, 0.2) is 29.4 Å². The fraction of sp³-hybridized carbons (Fsp3) is 0.462. The van der Waals surface area contributed by atoms with E-state index >= 15 is 0 Å². The molecule has 20 heavy (non-hydrogen) atoms. The molecule has 2 rings (SSSR count). The standard InChI is InChI=1S/C13H20N4O2S/c1-4-8-13(2,3)16-20(18,19)12-11(14)15-10-7-5-6-9-17(10)12/h5-7,9,16H,4,8,14H2,1-3H3. The number of aromatic nitrogens is 2. The van der Waals surface area contributed by atoms with E-state index in [0.29, 0.717) is 5.65 Å². The summed E-state index contributed by atoms with van der Waals surface area (Å²) in [6.07, 6.45) is 3.26. The van der Waals surface area contributed by atoms with Crippen molar-refractivity contribution in [3.8, 4) is 0 Å². The van der Waals surface area contributed by atoms with E-state index in [9.17, 15) is 8.42 Å². The van der Waals surface area contributed by atoms with Crippen LogP contribution in [0.2, 0.25) is 0 Å². The first-order valence-corrected chi connectivity index (χ1v) is 8.02. The molecule has 0 aromatic carbocycles. The van der Waals surface area contributed by atoms with Crippen molar-refractivity contribution in [2.45, 2.75) is 44.2 Å². The molecule has 2 aromatic rings. The van der Waals surface area contributed by atoms with Crippen LogP contribution in [-0.4, -0.2) is 23.3 Å². The van der Waals surface area contributed by atoms with Crippen LogP contribution in [0.4, 0.5) is 5.82 Å². The van der Waals surface area contributed by atoms with Gasteiger partial charge in [0, 0.05) is 11.7 Å². The molecule has 0 radical (unpaired) electrons. The summed E-state index contributed by atoms with van der Waals surface area (Å²) in [7, 11) is -3.73. The molecule has 0 aliphatic rings. The minimum absolute atomic E-state index is 0.00252. The molecule has 0 spiro atoms. The lowest BCUT2D eigenvalue weighted by Crippen LogP contribution is -2.43. The van der Waals surface area contributed by atoms with Gasteiger partial charge >= 0.3 is 0 Å². The highest BCUT2D eigenvalue weighted by Crippen LogP contribution is 2.22. The van der Waals surface area contributed by atoms with Crippen molar-refractivity contribution in [3.63, 3.8) is 0 Å². The highest BCUT2D eigenvalue weighted by molar-refractivity contribution is 7.89. The molecular formula is C13H20N4O2S. The molecule has 0 atom stereocenters. The number of fused-ring (bicyclic) bond motifs is 1. The lowest BCUT2D eigenvalue weighted by atomic mass is 10.0. The number of nitrogens with one attached hydrogen (secondary N) is 1. The van der Waals surface area contributed by atoms with Crippen LogP contribution in [0.3, 0.4) is 0 Å². The Morgan fingerprint density at radius 2 is 2.10 bits per heavy atom. The second kappa shape index (κ2) is 5.06. The Morgan fingerprint density at radius 3 is 2.75 bits per heavy atom. The van der Waals surface area contributed by atoms with E-state index in [2.05, 4.69) is 9.71 Å². The smallest absolute Gasteiger partial charge is 0.260 e. The number of nitrogens with zero attached hydrogens (tertiary/aromatic N) is 2. The summed E-state index contributed by atoms with van der Waals surface area (Å²) in [5.74, 6) is 0.0102. The maximum absolute atomic E-state index is 12.6. The molecule has 2 heterocycles. The summed E-state index contributed by atoms with van der Waals surface area (Å²) >= 11 is 0. The zero-order valence-electron chi connectivity index (χ0n) is 11.9. The van der Waals surface area contributed by atoms with Crippen LogP contribution < -0.4 is 10.5 Å². The summed E-state index contributed by atoms with van der Waals surface area (Å²) in [6, 6.07) is 5.24. The Kier molecular flexibility index (Phi) is 3.75. The number of rotatable bonds is 5. The van der Waals surface area contributed by atoms with E-state index in [-0.39, 0.29) is 10.8 Å². The number of nitrogens with two attached hydrogens (primary N) is 1. The first kappa shape index (κ1) is 14.8. The van der Waals surface area contributed by atoms with Crippen LogP contribution in [0.1, 0.15) is 33.6 Å². The zero-order valence-corrected chi connectivity index (χ0v) is 12.7. The molecule has 0 bridgehead atoms. The van der Waals surface area contributed by atoms with Crippen molar-refractivity contribution in [3.05, 3.63) is 24.4 Å². The predicted octanol–water partition coefficient (Wildman–Crippen LogP) is 1.77. The molecule has 0 aliphatic carbocycles.